The summed E-state index contributed by atoms with van der Waals surface area (Å²) in [4.78, 5) is 9.12. The predicted octanol–water partition coefficient (Wildman–Crippen LogP) is 3.33. The minimum Gasteiger partial charge on any atom is -0.372 e. The molecule has 4 heteroatoms. The van der Waals surface area contributed by atoms with Crippen LogP contribution in [0.4, 0.5) is 5.82 Å². The molecule has 0 atom stereocenters. The minimum atomic E-state index is 0.777. The van der Waals surface area contributed by atoms with Gasteiger partial charge in [-0.15, -0.1) is 0 Å². The number of anilines is 1. The minimum absolute atomic E-state index is 0.777. The zero-order valence-corrected chi connectivity index (χ0v) is 12.9. The molecule has 3 nitrogen and oxygen atoms in total. The van der Waals surface area contributed by atoms with Crippen molar-refractivity contribution in [3.05, 3.63) is 50.5 Å². The molecular weight excluding hydrogens is 337 g/mol. The molecule has 1 heterocycles. The summed E-state index contributed by atoms with van der Waals surface area (Å²) in [5, 5.41) is 3.12. The number of hydrogen-bond acceptors (Lipinski definition) is 3. The Hall–Kier alpha value is -1.17. The Morgan fingerprint density at radius 2 is 1.89 bits per heavy atom. The summed E-state index contributed by atoms with van der Waals surface area (Å²) >= 11 is 2.27. The molecule has 0 unspecified atom stereocenters. The van der Waals surface area contributed by atoms with E-state index in [1.165, 1.54) is 11.1 Å². The summed E-state index contributed by atoms with van der Waals surface area (Å²) in [6.45, 7) is 4.14. The van der Waals surface area contributed by atoms with Crippen molar-refractivity contribution in [2.75, 3.05) is 12.4 Å². The van der Waals surface area contributed by atoms with Gasteiger partial charge in [-0.1, -0.05) is 24.3 Å². The first-order valence-corrected chi connectivity index (χ1v) is 6.95. The topological polar surface area (TPSA) is 37.8 Å². The highest BCUT2D eigenvalue weighted by molar-refractivity contribution is 14.1. The molecule has 18 heavy (non-hydrogen) atoms. The van der Waals surface area contributed by atoms with Crippen molar-refractivity contribution < 1.29 is 0 Å². The molecule has 1 N–H and O–H groups in total. The summed E-state index contributed by atoms with van der Waals surface area (Å²) in [5.74, 6) is 1.78. The molecule has 0 spiro atoms. The van der Waals surface area contributed by atoms with Gasteiger partial charge in [-0.2, -0.15) is 0 Å². The summed E-state index contributed by atoms with van der Waals surface area (Å²) in [5.41, 5.74) is 3.59. The second-order valence-corrected chi connectivity index (χ2v) is 5.32. The van der Waals surface area contributed by atoms with E-state index in [0.29, 0.717) is 0 Å². The van der Waals surface area contributed by atoms with Crippen molar-refractivity contribution in [2.24, 2.45) is 0 Å². The van der Waals surface area contributed by atoms with E-state index in [0.717, 1.165) is 27.3 Å². The largest absolute Gasteiger partial charge is 0.372 e. The van der Waals surface area contributed by atoms with Gasteiger partial charge in [0.1, 0.15) is 11.6 Å². The standard InChI is InChI=1S/C14H16IN3/c1-9-6-4-5-7-11(9)8-12-17-10(2)13(15)14(16-3)18-12/h4-7H,8H2,1-3H3,(H,16,17,18). The molecule has 2 rings (SSSR count). The first-order valence-electron chi connectivity index (χ1n) is 5.87. The second-order valence-electron chi connectivity index (χ2n) is 4.24. The Bertz CT molecular complexity index is 567. The SMILES string of the molecule is CNc1nc(Cc2ccccc2C)nc(C)c1I. The molecule has 0 aliphatic rings. The van der Waals surface area contributed by atoms with Gasteiger partial charge in [0.15, 0.2) is 0 Å². The van der Waals surface area contributed by atoms with Crippen LogP contribution in [0.2, 0.25) is 0 Å². The lowest BCUT2D eigenvalue weighted by Crippen LogP contribution is -2.06. The number of halogens is 1. The lowest BCUT2D eigenvalue weighted by molar-refractivity contribution is 0.930. The maximum Gasteiger partial charge on any atom is 0.143 e. The molecular formula is C14H16IN3. The third kappa shape index (κ3) is 2.80. The van der Waals surface area contributed by atoms with E-state index in [1.54, 1.807) is 0 Å². The lowest BCUT2D eigenvalue weighted by Gasteiger charge is -2.09. The summed E-state index contributed by atoms with van der Waals surface area (Å²) < 4.78 is 1.09. The number of aromatic nitrogens is 2. The number of nitrogens with one attached hydrogen (secondary N) is 1. The van der Waals surface area contributed by atoms with Crippen LogP contribution in [0.1, 0.15) is 22.6 Å². The van der Waals surface area contributed by atoms with Gasteiger partial charge in [0, 0.05) is 13.5 Å². The van der Waals surface area contributed by atoms with Gasteiger partial charge >= 0.3 is 0 Å². The Kier molecular flexibility index (Phi) is 4.16. The first kappa shape index (κ1) is 13.3. The van der Waals surface area contributed by atoms with Crippen LogP contribution in [0.3, 0.4) is 0 Å². The number of hydrogen-bond donors (Lipinski definition) is 1. The molecule has 0 radical (unpaired) electrons. The monoisotopic (exact) mass is 353 g/mol. The normalized spacial score (nSPS) is 10.4. The van der Waals surface area contributed by atoms with Crippen LogP contribution in [-0.4, -0.2) is 17.0 Å². The quantitative estimate of drug-likeness (QED) is 0.861. The van der Waals surface area contributed by atoms with Crippen molar-refractivity contribution in [3.63, 3.8) is 0 Å². The maximum absolute atomic E-state index is 4.56. The van der Waals surface area contributed by atoms with Crippen LogP contribution in [-0.2, 0) is 6.42 Å². The van der Waals surface area contributed by atoms with Crippen LogP contribution in [0.25, 0.3) is 0 Å². The van der Waals surface area contributed by atoms with Crippen molar-refractivity contribution in [1.29, 1.82) is 0 Å². The smallest absolute Gasteiger partial charge is 0.143 e. The summed E-state index contributed by atoms with van der Waals surface area (Å²) in [6, 6.07) is 8.36. The lowest BCUT2D eigenvalue weighted by atomic mass is 10.1. The highest BCUT2D eigenvalue weighted by atomic mass is 127. The van der Waals surface area contributed by atoms with E-state index >= 15 is 0 Å². The van der Waals surface area contributed by atoms with Crippen LogP contribution < -0.4 is 5.32 Å². The van der Waals surface area contributed by atoms with Crippen molar-refractivity contribution in [2.45, 2.75) is 20.3 Å². The molecule has 2 aromatic rings. The Balaban J connectivity index is 2.36. The highest BCUT2D eigenvalue weighted by Crippen LogP contribution is 2.19. The predicted molar refractivity (Wildman–Crippen MR) is 83.0 cm³/mol. The van der Waals surface area contributed by atoms with Crippen molar-refractivity contribution in [1.82, 2.24) is 9.97 Å². The third-order valence-electron chi connectivity index (χ3n) is 2.91. The summed E-state index contributed by atoms with van der Waals surface area (Å²) in [7, 11) is 1.89. The van der Waals surface area contributed by atoms with Gasteiger partial charge in [-0.3, -0.25) is 0 Å². The van der Waals surface area contributed by atoms with Crippen LogP contribution in [0, 0.1) is 17.4 Å². The van der Waals surface area contributed by atoms with Crippen molar-refractivity contribution >= 4 is 28.4 Å². The molecule has 1 aromatic carbocycles. The van der Waals surface area contributed by atoms with Gasteiger partial charge in [0.25, 0.3) is 0 Å². The van der Waals surface area contributed by atoms with E-state index in [9.17, 15) is 0 Å². The average molecular weight is 353 g/mol. The molecule has 0 aliphatic heterocycles. The molecule has 0 saturated heterocycles. The fourth-order valence-corrected chi connectivity index (χ4v) is 2.35. The van der Waals surface area contributed by atoms with E-state index in [-0.39, 0.29) is 0 Å². The second kappa shape index (κ2) is 5.65. The zero-order chi connectivity index (χ0) is 13.1. The maximum atomic E-state index is 4.56. The molecule has 0 fully saturated rings. The van der Waals surface area contributed by atoms with Crippen molar-refractivity contribution in [3.8, 4) is 0 Å². The number of aryl methyl sites for hydroxylation is 2. The third-order valence-corrected chi connectivity index (χ3v) is 4.20. The first-order chi connectivity index (χ1) is 8.61. The fraction of sp³-hybridized carbons (Fsp3) is 0.286. The van der Waals surface area contributed by atoms with E-state index in [4.69, 9.17) is 0 Å². The van der Waals surface area contributed by atoms with E-state index in [2.05, 4.69) is 69.1 Å². The number of rotatable bonds is 3. The van der Waals surface area contributed by atoms with E-state index < -0.39 is 0 Å². The average Bonchev–Trinajstić information content (AvgIpc) is 2.36. The summed E-state index contributed by atoms with van der Waals surface area (Å²) in [6.07, 6.45) is 0.777. The van der Waals surface area contributed by atoms with Gasteiger partial charge in [0.05, 0.1) is 9.26 Å². The van der Waals surface area contributed by atoms with Gasteiger partial charge < -0.3 is 5.32 Å². The van der Waals surface area contributed by atoms with Crippen LogP contribution in [0.5, 0.6) is 0 Å². The Labute approximate surface area is 121 Å². The highest BCUT2D eigenvalue weighted by Gasteiger charge is 2.09. The number of benzene rings is 1. The van der Waals surface area contributed by atoms with Gasteiger partial charge in [-0.05, 0) is 47.6 Å². The number of nitrogens with zero attached hydrogens (tertiary/aromatic N) is 2. The van der Waals surface area contributed by atoms with Gasteiger partial charge in [0.2, 0.25) is 0 Å². The molecule has 0 amide bonds. The Morgan fingerprint density at radius 1 is 1.17 bits per heavy atom. The molecule has 0 bridgehead atoms. The van der Waals surface area contributed by atoms with Gasteiger partial charge in [-0.25, -0.2) is 9.97 Å². The van der Waals surface area contributed by atoms with Crippen LogP contribution >= 0.6 is 22.6 Å². The Morgan fingerprint density at radius 3 is 2.56 bits per heavy atom. The van der Waals surface area contributed by atoms with E-state index in [1.807, 2.05) is 14.0 Å². The molecule has 0 aliphatic carbocycles. The zero-order valence-electron chi connectivity index (χ0n) is 10.8. The molecule has 94 valence electrons. The molecule has 1 aromatic heterocycles. The molecule has 0 saturated carbocycles. The fourth-order valence-electron chi connectivity index (χ4n) is 1.84. The van der Waals surface area contributed by atoms with Crippen LogP contribution in [0.15, 0.2) is 24.3 Å².